The molecule has 1 atom stereocenters. The monoisotopic (exact) mass is 385 g/mol. The lowest BCUT2D eigenvalue weighted by atomic mass is 9.87. The summed E-state index contributed by atoms with van der Waals surface area (Å²) in [6.07, 6.45) is 3.03. The Kier molecular flexibility index (Phi) is 6.50. The topological polar surface area (TPSA) is 79.5 Å². The van der Waals surface area contributed by atoms with Crippen molar-refractivity contribution in [2.45, 2.75) is 64.4 Å². The number of carbonyl (C=O) groups is 1. The highest BCUT2D eigenvalue weighted by Gasteiger charge is 2.28. The van der Waals surface area contributed by atoms with E-state index in [0.717, 1.165) is 18.4 Å². The first-order valence-corrected chi connectivity index (χ1v) is 10.2. The average molecular weight is 386 g/mol. The number of hydrogen-bond acceptors (Lipinski definition) is 5. The van der Waals surface area contributed by atoms with Crippen molar-refractivity contribution in [3.8, 4) is 0 Å². The highest BCUT2D eigenvalue weighted by Crippen LogP contribution is 2.30. The molecule has 6 nitrogen and oxygen atoms in total. The van der Waals surface area contributed by atoms with Gasteiger partial charge in [0.15, 0.2) is 5.82 Å². The van der Waals surface area contributed by atoms with Crippen LogP contribution < -0.4 is 0 Å². The van der Waals surface area contributed by atoms with E-state index in [1.54, 1.807) is 0 Å². The van der Waals surface area contributed by atoms with Crippen molar-refractivity contribution in [3.63, 3.8) is 0 Å². The number of amides is 1. The number of aryl methyl sites for hydroxylation is 1. The fourth-order valence-corrected chi connectivity index (χ4v) is 3.60. The summed E-state index contributed by atoms with van der Waals surface area (Å²) >= 11 is 0. The summed E-state index contributed by atoms with van der Waals surface area (Å²) in [5.74, 6) is 1.68. The second-order valence-electron chi connectivity index (χ2n) is 8.69. The van der Waals surface area contributed by atoms with Gasteiger partial charge in [-0.1, -0.05) is 56.3 Å². The van der Waals surface area contributed by atoms with Crippen molar-refractivity contribution < 1.29 is 14.4 Å². The molecule has 6 heteroatoms. The Morgan fingerprint density at radius 2 is 1.93 bits per heavy atom. The van der Waals surface area contributed by atoms with Crippen LogP contribution in [0.1, 0.15) is 69.8 Å². The van der Waals surface area contributed by atoms with E-state index in [1.807, 2.05) is 56.0 Å². The highest BCUT2D eigenvalue weighted by molar-refractivity contribution is 5.76. The number of aliphatic hydroxyl groups is 1. The van der Waals surface area contributed by atoms with Crippen molar-refractivity contribution in [1.29, 1.82) is 0 Å². The first kappa shape index (κ1) is 20.5. The third kappa shape index (κ3) is 5.19. The molecule has 1 amide bonds. The van der Waals surface area contributed by atoms with Crippen molar-refractivity contribution >= 4 is 5.91 Å². The van der Waals surface area contributed by atoms with Gasteiger partial charge in [0.1, 0.15) is 0 Å². The average Bonchev–Trinajstić information content (AvgIpc) is 3.17. The summed E-state index contributed by atoms with van der Waals surface area (Å²) in [6, 6.07) is 9.78. The summed E-state index contributed by atoms with van der Waals surface area (Å²) in [4.78, 5) is 18.8. The van der Waals surface area contributed by atoms with E-state index in [4.69, 9.17) is 4.52 Å². The molecule has 152 valence electrons. The number of hydrogen-bond donors (Lipinski definition) is 1. The van der Waals surface area contributed by atoms with Gasteiger partial charge in [-0.15, -0.1) is 0 Å². The van der Waals surface area contributed by atoms with Crippen LogP contribution in [0.15, 0.2) is 34.9 Å². The molecule has 1 unspecified atom stereocenters. The Labute approximate surface area is 166 Å². The zero-order valence-electron chi connectivity index (χ0n) is 17.1. The zero-order chi connectivity index (χ0) is 20.1. The van der Waals surface area contributed by atoms with Gasteiger partial charge < -0.3 is 14.5 Å². The van der Waals surface area contributed by atoms with E-state index >= 15 is 0 Å². The molecule has 2 aromatic rings. The van der Waals surface area contributed by atoms with E-state index in [9.17, 15) is 9.90 Å². The number of likely N-dealkylation sites (tertiary alicyclic amines) is 1. The minimum Gasteiger partial charge on any atom is -0.388 e. The lowest BCUT2D eigenvalue weighted by Gasteiger charge is -2.34. The van der Waals surface area contributed by atoms with Gasteiger partial charge in [-0.3, -0.25) is 4.79 Å². The normalized spacial score (nSPS) is 16.9. The van der Waals surface area contributed by atoms with Gasteiger partial charge in [0.2, 0.25) is 11.8 Å². The smallest absolute Gasteiger partial charge is 0.226 e. The first-order chi connectivity index (χ1) is 13.3. The SMILES string of the molecule is CC(C)(C)c1noc(CCCC(=O)N2CCC(C(O)c3ccccc3)CC2)n1. The molecule has 28 heavy (non-hydrogen) atoms. The van der Waals surface area contributed by atoms with E-state index in [1.165, 1.54) is 0 Å². The predicted molar refractivity (Wildman–Crippen MR) is 107 cm³/mol. The van der Waals surface area contributed by atoms with Gasteiger partial charge in [-0.25, -0.2) is 0 Å². The molecular formula is C22H31N3O3. The van der Waals surface area contributed by atoms with Crippen LogP contribution in [-0.4, -0.2) is 39.1 Å². The quantitative estimate of drug-likeness (QED) is 0.821. The van der Waals surface area contributed by atoms with Gasteiger partial charge in [0, 0.05) is 31.3 Å². The number of aliphatic hydroxyl groups excluding tert-OH is 1. The van der Waals surface area contributed by atoms with Crippen LogP contribution in [0.5, 0.6) is 0 Å². The number of nitrogens with zero attached hydrogens (tertiary/aromatic N) is 3. The first-order valence-electron chi connectivity index (χ1n) is 10.2. The van der Waals surface area contributed by atoms with Crippen LogP contribution in [-0.2, 0) is 16.6 Å². The summed E-state index contributed by atoms with van der Waals surface area (Å²) in [6.45, 7) is 7.56. The third-order valence-electron chi connectivity index (χ3n) is 5.40. The molecule has 0 bridgehead atoms. The maximum absolute atomic E-state index is 12.5. The summed E-state index contributed by atoms with van der Waals surface area (Å²) in [5.41, 5.74) is 0.827. The molecule has 1 N–H and O–H groups in total. The van der Waals surface area contributed by atoms with E-state index in [-0.39, 0.29) is 17.2 Å². The Hall–Kier alpha value is -2.21. The summed E-state index contributed by atoms with van der Waals surface area (Å²) < 4.78 is 5.29. The molecule has 0 aliphatic carbocycles. The maximum Gasteiger partial charge on any atom is 0.226 e. The molecule has 1 saturated heterocycles. The minimum atomic E-state index is -0.451. The molecule has 1 aromatic carbocycles. The molecule has 1 fully saturated rings. The molecule has 0 radical (unpaired) electrons. The van der Waals surface area contributed by atoms with Crippen LogP contribution in [0.2, 0.25) is 0 Å². The van der Waals surface area contributed by atoms with E-state index in [2.05, 4.69) is 10.1 Å². The molecule has 3 rings (SSSR count). The van der Waals surface area contributed by atoms with Crippen LogP contribution in [0.3, 0.4) is 0 Å². The zero-order valence-corrected chi connectivity index (χ0v) is 17.1. The van der Waals surface area contributed by atoms with Gasteiger partial charge in [0.25, 0.3) is 0 Å². The highest BCUT2D eigenvalue weighted by atomic mass is 16.5. The fourth-order valence-electron chi connectivity index (χ4n) is 3.60. The minimum absolute atomic E-state index is 0.133. The van der Waals surface area contributed by atoms with Gasteiger partial charge >= 0.3 is 0 Å². The van der Waals surface area contributed by atoms with Crippen molar-refractivity contribution in [3.05, 3.63) is 47.6 Å². The Balaban J connectivity index is 1.41. The van der Waals surface area contributed by atoms with E-state index in [0.29, 0.717) is 44.1 Å². The fraction of sp³-hybridized carbons (Fsp3) is 0.591. The van der Waals surface area contributed by atoms with Gasteiger partial charge in [0.05, 0.1) is 6.10 Å². The van der Waals surface area contributed by atoms with Gasteiger partial charge in [-0.05, 0) is 30.7 Å². The van der Waals surface area contributed by atoms with Crippen LogP contribution >= 0.6 is 0 Å². The Morgan fingerprint density at radius 1 is 1.25 bits per heavy atom. The van der Waals surface area contributed by atoms with Crippen LogP contribution in [0, 0.1) is 5.92 Å². The molecule has 1 aromatic heterocycles. The molecule has 0 saturated carbocycles. The van der Waals surface area contributed by atoms with Gasteiger partial charge in [-0.2, -0.15) is 4.98 Å². The largest absolute Gasteiger partial charge is 0.388 e. The van der Waals surface area contributed by atoms with Crippen molar-refractivity contribution in [2.75, 3.05) is 13.1 Å². The molecule has 2 heterocycles. The standard InChI is InChI=1S/C22H31N3O3/c1-22(2,3)21-23-18(28-24-21)10-7-11-19(26)25-14-12-17(13-15-25)20(27)16-8-5-4-6-9-16/h4-6,8-9,17,20,27H,7,10-15H2,1-3H3. The molecule has 1 aliphatic rings. The number of aromatic nitrogens is 2. The lowest BCUT2D eigenvalue weighted by Crippen LogP contribution is -2.39. The van der Waals surface area contributed by atoms with Crippen molar-refractivity contribution in [1.82, 2.24) is 15.0 Å². The molecule has 0 spiro atoms. The number of rotatable bonds is 6. The second-order valence-corrected chi connectivity index (χ2v) is 8.69. The second kappa shape index (κ2) is 8.86. The van der Waals surface area contributed by atoms with Crippen molar-refractivity contribution in [2.24, 2.45) is 5.92 Å². The summed E-state index contributed by atoms with van der Waals surface area (Å²) in [7, 11) is 0. The molecular weight excluding hydrogens is 354 g/mol. The Bertz CT molecular complexity index is 759. The van der Waals surface area contributed by atoms with Crippen LogP contribution in [0.4, 0.5) is 0 Å². The van der Waals surface area contributed by atoms with E-state index < -0.39 is 6.10 Å². The third-order valence-corrected chi connectivity index (χ3v) is 5.40. The maximum atomic E-state index is 12.5. The number of piperidine rings is 1. The predicted octanol–water partition coefficient (Wildman–Crippen LogP) is 3.66. The van der Waals surface area contributed by atoms with Crippen LogP contribution in [0.25, 0.3) is 0 Å². The number of benzene rings is 1. The molecule has 1 aliphatic heterocycles. The lowest BCUT2D eigenvalue weighted by molar-refractivity contribution is -0.133. The number of carbonyl (C=O) groups excluding carboxylic acids is 1. The summed E-state index contributed by atoms with van der Waals surface area (Å²) in [5, 5.41) is 14.6. The Morgan fingerprint density at radius 3 is 2.54 bits per heavy atom.